The predicted octanol–water partition coefficient (Wildman–Crippen LogP) is 3.73. The van der Waals surface area contributed by atoms with Crippen molar-refractivity contribution >= 4 is 11.6 Å². The summed E-state index contributed by atoms with van der Waals surface area (Å²) < 4.78 is 11.2. The number of hydrogen-bond acceptors (Lipinski definition) is 4. The number of ether oxygens (including phenoxy) is 2. The van der Waals surface area contributed by atoms with Crippen molar-refractivity contribution < 1.29 is 14.3 Å². The van der Waals surface area contributed by atoms with Crippen LogP contribution in [-0.4, -0.2) is 19.6 Å². The van der Waals surface area contributed by atoms with E-state index in [1.165, 1.54) is 0 Å². The fraction of sp³-hybridized carbons (Fsp3) is 0.316. The summed E-state index contributed by atoms with van der Waals surface area (Å²) in [5.41, 5.74) is 2.39. The van der Waals surface area contributed by atoms with Gasteiger partial charge < -0.3 is 20.1 Å². The van der Waals surface area contributed by atoms with Gasteiger partial charge in [-0.15, -0.1) is 0 Å². The summed E-state index contributed by atoms with van der Waals surface area (Å²) >= 11 is 0. The summed E-state index contributed by atoms with van der Waals surface area (Å²) in [6.45, 7) is 2.79. The van der Waals surface area contributed by atoms with Gasteiger partial charge in [0.25, 0.3) is 5.91 Å². The zero-order valence-corrected chi connectivity index (χ0v) is 14.0. The molecule has 1 atom stereocenters. The highest BCUT2D eigenvalue weighted by Gasteiger charge is 2.24. The lowest BCUT2D eigenvalue weighted by Gasteiger charge is -2.28. The number of carbonyl (C=O) groups excluding carboxylic acids is 1. The molecule has 2 aromatic rings. The lowest BCUT2D eigenvalue weighted by Crippen LogP contribution is -2.38. The molecule has 1 aliphatic heterocycles. The van der Waals surface area contributed by atoms with Gasteiger partial charge in [-0.3, -0.25) is 4.79 Å². The molecule has 126 valence electrons. The van der Waals surface area contributed by atoms with Crippen LogP contribution in [0.5, 0.6) is 11.5 Å². The summed E-state index contributed by atoms with van der Waals surface area (Å²) in [6, 6.07) is 13.2. The van der Waals surface area contributed by atoms with Gasteiger partial charge in [0.15, 0.2) is 11.5 Å². The van der Waals surface area contributed by atoms with Crippen LogP contribution in [0.1, 0.15) is 41.9 Å². The number of anilines is 1. The highest BCUT2D eigenvalue weighted by Crippen LogP contribution is 2.33. The minimum Gasteiger partial charge on any atom is -0.493 e. The van der Waals surface area contributed by atoms with E-state index in [0.29, 0.717) is 17.9 Å². The normalized spacial score (nSPS) is 15.9. The molecule has 0 saturated heterocycles. The van der Waals surface area contributed by atoms with Crippen molar-refractivity contribution in [2.75, 3.05) is 19.0 Å². The third-order valence-corrected chi connectivity index (χ3v) is 4.02. The van der Waals surface area contributed by atoms with Gasteiger partial charge in [-0.1, -0.05) is 31.5 Å². The molecule has 5 nitrogen and oxygen atoms in total. The molecule has 1 aliphatic rings. The number of para-hydroxylation sites is 1. The largest absolute Gasteiger partial charge is 0.493 e. The van der Waals surface area contributed by atoms with Crippen LogP contribution in [0, 0.1) is 0 Å². The highest BCUT2D eigenvalue weighted by atomic mass is 16.5. The number of carbonyl (C=O) groups is 1. The molecule has 0 saturated carbocycles. The van der Waals surface area contributed by atoms with Gasteiger partial charge >= 0.3 is 0 Å². The molecule has 3 rings (SSSR count). The van der Waals surface area contributed by atoms with Crippen LogP contribution in [0.2, 0.25) is 0 Å². The van der Waals surface area contributed by atoms with E-state index in [1.54, 1.807) is 13.2 Å². The molecule has 1 heterocycles. The first-order chi connectivity index (χ1) is 11.7. The first-order valence-electron chi connectivity index (χ1n) is 8.20. The van der Waals surface area contributed by atoms with E-state index in [-0.39, 0.29) is 12.1 Å². The number of nitrogens with one attached hydrogen (secondary N) is 2. The van der Waals surface area contributed by atoms with Gasteiger partial charge in [0.1, 0.15) is 6.17 Å². The third kappa shape index (κ3) is 3.30. The molecule has 5 heteroatoms. The molecule has 0 aliphatic carbocycles. The number of hydrogen-bond donors (Lipinski definition) is 2. The summed E-state index contributed by atoms with van der Waals surface area (Å²) in [4.78, 5) is 12.3. The Balaban J connectivity index is 1.81. The van der Waals surface area contributed by atoms with Crippen molar-refractivity contribution in [2.24, 2.45) is 0 Å². The monoisotopic (exact) mass is 326 g/mol. The molecule has 1 amide bonds. The maximum absolute atomic E-state index is 12.3. The van der Waals surface area contributed by atoms with E-state index in [2.05, 4.69) is 17.6 Å². The summed E-state index contributed by atoms with van der Waals surface area (Å²) in [5.74, 6) is 1.30. The maximum atomic E-state index is 12.3. The zero-order chi connectivity index (χ0) is 16.9. The molecule has 0 fully saturated rings. The Kier molecular flexibility index (Phi) is 4.89. The topological polar surface area (TPSA) is 59.6 Å². The Morgan fingerprint density at radius 3 is 2.71 bits per heavy atom. The van der Waals surface area contributed by atoms with E-state index < -0.39 is 0 Å². The molecule has 24 heavy (non-hydrogen) atoms. The smallest absolute Gasteiger partial charge is 0.255 e. The van der Waals surface area contributed by atoms with Crippen LogP contribution in [0.4, 0.5) is 5.69 Å². The van der Waals surface area contributed by atoms with Gasteiger partial charge in [0.2, 0.25) is 0 Å². The Hall–Kier alpha value is -2.69. The first kappa shape index (κ1) is 16.2. The third-order valence-electron chi connectivity index (χ3n) is 4.02. The van der Waals surface area contributed by atoms with E-state index >= 15 is 0 Å². The van der Waals surface area contributed by atoms with Crippen LogP contribution < -0.4 is 20.1 Å². The number of methoxy groups -OCH3 is 1. The standard InChI is InChI=1S/C19H22N2O3/c1-3-4-11-24-16-10-9-13(12-17(16)23-2)18-20-15-8-6-5-7-14(15)19(22)21-18/h5-10,12,18,20H,3-4,11H2,1-2H3,(H,21,22). The summed E-state index contributed by atoms with van der Waals surface area (Å²) in [5, 5.41) is 6.30. The number of rotatable bonds is 6. The fourth-order valence-corrected chi connectivity index (χ4v) is 2.68. The average molecular weight is 326 g/mol. The number of fused-ring (bicyclic) bond motifs is 1. The molecule has 2 aromatic carbocycles. The van der Waals surface area contributed by atoms with Gasteiger partial charge in [0.05, 0.1) is 19.3 Å². The van der Waals surface area contributed by atoms with Crippen molar-refractivity contribution in [1.82, 2.24) is 5.32 Å². The SMILES string of the molecule is CCCCOc1ccc(C2NC(=O)c3ccccc3N2)cc1OC. The van der Waals surface area contributed by atoms with Crippen LogP contribution in [0.3, 0.4) is 0 Å². The second-order valence-corrected chi connectivity index (χ2v) is 5.71. The Morgan fingerprint density at radius 2 is 1.92 bits per heavy atom. The van der Waals surface area contributed by atoms with Gasteiger partial charge in [-0.2, -0.15) is 0 Å². The van der Waals surface area contributed by atoms with Crippen molar-refractivity contribution in [1.29, 1.82) is 0 Å². The molecule has 0 aromatic heterocycles. The van der Waals surface area contributed by atoms with Crippen LogP contribution in [-0.2, 0) is 0 Å². The lowest BCUT2D eigenvalue weighted by molar-refractivity contribution is 0.0935. The summed E-state index contributed by atoms with van der Waals surface area (Å²) in [7, 11) is 1.62. The van der Waals surface area contributed by atoms with E-state index in [4.69, 9.17) is 9.47 Å². The molecule has 0 radical (unpaired) electrons. The summed E-state index contributed by atoms with van der Waals surface area (Å²) in [6.07, 6.45) is 1.78. The zero-order valence-electron chi connectivity index (χ0n) is 14.0. The quantitative estimate of drug-likeness (QED) is 0.794. The Bertz CT molecular complexity index is 730. The van der Waals surface area contributed by atoms with E-state index in [1.807, 2.05) is 36.4 Å². The second-order valence-electron chi connectivity index (χ2n) is 5.71. The van der Waals surface area contributed by atoms with Crippen LogP contribution in [0.25, 0.3) is 0 Å². The van der Waals surface area contributed by atoms with Crippen LogP contribution in [0.15, 0.2) is 42.5 Å². The highest BCUT2D eigenvalue weighted by molar-refractivity contribution is 6.01. The number of amides is 1. The predicted molar refractivity (Wildman–Crippen MR) is 93.7 cm³/mol. The van der Waals surface area contributed by atoms with Gasteiger partial charge in [-0.05, 0) is 36.2 Å². The number of benzene rings is 2. The Labute approximate surface area is 142 Å². The first-order valence-corrected chi connectivity index (χ1v) is 8.20. The minimum absolute atomic E-state index is 0.0865. The molecular weight excluding hydrogens is 304 g/mol. The van der Waals surface area contributed by atoms with Crippen molar-refractivity contribution in [3.8, 4) is 11.5 Å². The molecular formula is C19H22N2O3. The average Bonchev–Trinajstić information content (AvgIpc) is 2.62. The van der Waals surface area contributed by atoms with Gasteiger partial charge in [-0.25, -0.2) is 0 Å². The lowest BCUT2D eigenvalue weighted by atomic mass is 10.1. The van der Waals surface area contributed by atoms with Crippen LogP contribution >= 0.6 is 0 Å². The molecule has 0 spiro atoms. The fourth-order valence-electron chi connectivity index (χ4n) is 2.68. The van der Waals surface area contributed by atoms with E-state index in [9.17, 15) is 4.79 Å². The second kappa shape index (κ2) is 7.25. The molecule has 2 N–H and O–H groups in total. The van der Waals surface area contributed by atoms with Crippen molar-refractivity contribution in [3.63, 3.8) is 0 Å². The van der Waals surface area contributed by atoms with Crippen molar-refractivity contribution in [3.05, 3.63) is 53.6 Å². The van der Waals surface area contributed by atoms with Gasteiger partial charge in [0, 0.05) is 5.69 Å². The number of unbranched alkanes of at least 4 members (excludes halogenated alkanes) is 1. The minimum atomic E-state index is -0.300. The molecule has 1 unspecified atom stereocenters. The molecule has 0 bridgehead atoms. The van der Waals surface area contributed by atoms with Crippen molar-refractivity contribution in [2.45, 2.75) is 25.9 Å². The Morgan fingerprint density at radius 1 is 1.08 bits per heavy atom. The van der Waals surface area contributed by atoms with E-state index in [0.717, 1.165) is 29.8 Å². The maximum Gasteiger partial charge on any atom is 0.255 e.